The topological polar surface area (TPSA) is 80.4 Å². The lowest BCUT2D eigenvalue weighted by molar-refractivity contribution is 0.294. The summed E-state index contributed by atoms with van der Waals surface area (Å²) in [6, 6.07) is 7.88. The molecule has 2 N–H and O–H groups in total. The van der Waals surface area contributed by atoms with Gasteiger partial charge in [0.1, 0.15) is 12.4 Å². The number of hydrogen-bond acceptors (Lipinski definition) is 7. The highest BCUT2D eigenvalue weighted by Gasteiger charge is 2.18. The van der Waals surface area contributed by atoms with Crippen molar-refractivity contribution in [2.24, 2.45) is 0 Å². The summed E-state index contributed by atoms with van der Waals surface area (Å²) < 4.78 is 5.75. The molecule has 2 aromatic rings. The number of nitrogens with two attached hydrogens (primary N) is 1. The Morgan fingerprint density at radius 1 is 1.13 bits per heavy atom. The van der Waals surface area contributed by atoms with Crippen LogP contribution in [0.1, 0.15) is 11.4 Å². The molecule has 0 bridgehead atoms. The van der Waals surface area contributed by atoms with E-state index < -0.39 is 0 Å². The van der Waals surface area contributed by atoms with E-state index in [0.717, 1.165) is 37.5 Å². The van der Waals surface area contributed by atoms with Gasteiger partial charge in [-0.3, -0.25) is 0 Å². The fourth-order valence-electron chi connectivity index (χ4n) is 2.49. The Morgan fingerprint density at radius 2 is 1.91 bits per heavy atom. The summed E-state index contributed by atoms with van der Waals surface area (Å²) in [6.45, 7) is 6.05. The molecule has 3 rings (SSSR count). The Morgan fingerprint density at radius 3 is 2.65 bits per heavy atom. The molecule has 122 valence electrons. The summed E-state index contributed by atoms with van der Waals surface area (Å²) in [5.41, 5.74) is 6.98. The number of aromatic nitrogens is 3. The number of nitrogens with zero attached hydrogens (tertiary/aromatic N) is 5. The lowest BCUT2D eigenvalue weighted by atomic mass is 10.2. The van der Waals surface area contributed by atoms with E-state index in [1.54, 1.807) is 0 Å². The molecular formula is C16H22N6O. The van der Waals surface area contributed by atoms with Crippen LogP contribution in [0.3, 0.4) is 0 Å². The lowest BCUT2D eigenvalue weighted by Crippen LogP contribution is -2.45. The maximum Gasteiger partial charge on any atom is 0.230 e. The van der Waals surface area contributed by atoms with Crippen molar-refractivity contribution in [2.45, 2.75) is 13.5 Å². The highest BCUT2D eigenvalue weighted by atomic mass is 16.5. The molecule has 0 spiro atoms. The van der Waals surface area contributed by atoms with Gasteiger partial charge in [0.25, 0.3) is 0 Å². The second kappa shape index (κ2) is 6.78. The lowest BCUT2D eigenvalue weighted by Gasteiger charge is -2.32. The van der Waals surface area contributed by atoms with Crippen molar-refractivity contribution in [3.05, 3.63) is 35.7 Å². The van der Waals surface area contributed by atoms with Crippen molar-refractivity contribution in [1.29, 1.82) is 0 Å². The summed E-state index contributed by atoms with van der Waals surface area (Å²) in [5, 5.41) is 0. The Labute approximate surface area is 136 Å². The number of aryl methyl sites for hydroxylation is 1. The number of likely N-dealkylation sites (N-methyl/N-ethyl adjacent to an activating group) is 1. The van der Waals surface area contributed by atoms with Crippen LogP contribution in [-0.4, -0.2) is 53.1 Å². The average Bonchev–Trinajstić information content (AvgIpc) is 2.53. The van der Waals surface area contributed by atoms with Gasteiger partial charge in [0.2, 0.25) is 11.9 Å². The Kier molecular flexibility index (Phi) is 4.57. The fourth-order valence-corrected chi connectivity index (χ4v) is 2.49. The highest BCUT2D eigenvalue weighted by Crippen LogP contribution is 2.15. The monoisotopic (exact) mass is 314 g/mol. The molecule has 7 heteroatoms. The van der Waals surface area contributed by atoms with E-state index in [0.29, 0.717) is 11.8 Å². The van der Waals surface area contributed by atoms with Crippen molar-refractivity contribution >= 4 is 11.9 Å². The number of rotatable bonds is 4. The standard InChI is InChI=1S/C16H22N6O/c1-12-4-3-5-13(10-12)23-11-14-18-15(17)20-16(19-14)22-8-6-21(2)7-9-22/h3-5,10H,6-9,11H2,1-2H3,(H2,17,18,19,20). The molecule has 2 heterocycles. The quantitative estimate of drug-likeness (QED) is 0.905. The van der Waals surface area contributed by atoms with Gasteiger partial charge < -0.3 is 20.3 Å². The maximum absolute atomic E-state index is 5.83. The SMILES string of the molecule is Cc1cccc(OCc2nc(N)nc(N3CCN(C)CC3)n2)c1. The van der Waals surface area contributed by atoms with E-state index >= 15 is 0 Å². The largest absolute Gasteiger partial charge is 0.486 e. The summed E-state index contributed by atoms with van der Waals surface area (Å²) in [4.78, 5) is 17.3. The van der Waals surface area contributed by atoms with Gasteiger partial charge in [0.15, 0.2) is 5.82 Å². The molecular weight excluding hydrogens is 292 g/mol. The number of benzene rings is 1. The molecule has 1 aliphatic rings. The van der Waals surface area contributed by atoms with Crippen LogP contribution >= 0.6 is 0 Å². The summed E-state index contributed by atoms with van der Waals surface area (Å²) in [5.74, 6) is 2.21. The molecule has 0 saturated carbocycles. The number of anilines is 2. The zero-order valence-corrected chi connectivity index (χ0v) is 13.6. The number of nitrogen functional groups attached to an aromatic ring is 1. The molecule has 1 saturated heterocycles. The van der Waals surface area contributed by atoms with Crippen LogP contribution < -0.4 is 15.4 Å². The van der Waals surface area contributed by atoms with Crippen LogP contribution in [0.2, 0.25) is 0 Å². The van der Waals surface area contributed by atoms with Crippen LogP contribution in [0.4, 0.5) is 11.9 Å². The van der Waals surface area contributed by atoms with Gasteiger partial charge in [0, 0.05) is 26.2 Å². The van der Waals surface area contributed by atoms with Crippen molar-refractivity contribution < 1.29 is 4.74 Å². The first-order valence-electron chi connectivity index (χ1n) is 7.73. The number of hydrogen-bond donors (Lipinski definition) is 1. The van der Waals surface area contributed by atoms with Crippen molar-refractivity contribution in [3.8, 4) is 5.75 Å². The maximum atomic E-state index is 5.83. The van der Waals surface area contributed by atoms with Crippen LogP contribution in [0, 0.1) is 6.92 Å². The van der Waals surface area contributed by atoms with E-state index in [4.69, 9.17) is 10.5 Å². The van der Waals surface area contributed by atoms with Gasteiger partial charge in [-0.2, -0.15) is 15.0 Å². The third kappa shape index (κ3) is 4.07. The zero-order valence-electron chi connectivity index (χ0n) is 13.6. The molecule has 0 radical (unpaired) electrons. The van der Waals surface area contributed by atoms with E-state index in [9.17, 15) is 0 Å². The van der Waals surface area contributed by atoms with E-state index in [-0.39, 0.29) is 12.6 Å². The molecule has 1 fully saturated rings. The van der Waals surface area contributed by atoms with Crippen LogP contribution in [0.25, 0.3) is 0 Å². The first kappa shape index (κ1) is 15.5. The molecule has 7 nitrogen and oxygen atoms in total. The fraction of sp³-hybridized carbons (Fsp3) is 0.438. The van der Waals surface area contributed by atoms with Crippen LogP contribution in [-0.2, 0) is 6.61 Å². The van der Waals surface area contributed by atoms with Gasteiger partial charge in [-0.05, 0) is 31.7 Å². The van der Waals surface area contributed by atoms with Gasteiger partial charge in [0.05, 0.1) is 0 Å². The number of ether oxygens (including phenoxy) is 1. The number of piperazine rings is 1. The second-order valence-electron chi connectivity index (χ2n) is 5.81. The predicted octanol–water partition coefficient (Wildman–Crippen LogP) is 1.09. The van der Waals surface area contributed by atoms with E-state index in [1.807, 2.05) is 31.2 Å². The zero-order chi connectivity index (χ0) is 16.2. The first-order chi connectivity index (χ1) is 11.1. The molecule has 0 amide bonds. The molecule has 1 aliphatic heterocycles. The Balaban J connectivity index is 1.70. The highest BCUT2D eigenvalue weighted by molar-refractivity contribution is 5.35. The Bertz CT molecular complexity index is 669. The molecule has 0 atom stereocenters. The summed E-state index contributed by atoms with van der Waals surface area (Å²) >= 11 is 0. The molecule has 0 unspecified atom stereocenters. The van der Waals surface area contributed by atoms with Crippen LogP contribution in [0.15, 0.2) is 24.3 Å². The Hall–Kier alpha value is -2.41. The molecule has 1 aromatic heterocycles. The third-order valence-corrected chi connectivity index (χ3v) is 3.83. The van der Waals surface area contributed by atoms with Crippen molar-refractivity contribution in [2.75, 3.05) is 43.9 Å². The molecule has 1 aromatic carbocycles. The minimum absolute atomic E-state index is 0.233. The third-order valence-electron chi connectivity index (χ3n) is 3.83. The predicted molar refractivity (Wildman–Crippen MR) is 89.5 cm³/mol. The van der Waals surface area contributed by atoms with Crippen LogP contribution in [0.5, 0.6) is 5.75 Å². The molecule has 0 aliphatic carbocycles. The summed E-state index contributed by atoms with van der Waals surface area (Å²) in [7, 11) is 2.11. The van der Waals surface area contributed by atoms with Gasteiger partial charge in [-0.25, -0.2) is 0 Å². The van der Waals surface area contributed by atoms with E-state index in [2.05, 4.69) is 31.8 Å². The first-order valence-corrected chi connectivity index (χ1v) is 7.73. The average molecular weight is 314 g/mol. The normalized spacial score (nSPS) is 15.7. The van der Waals surface area contributed by atoms with Gasteiger partial charge >= 0.3 is 0 Å². The van der Waals surface area contributed by atoms with Gasteiger partial charge in [-0.1, -0.05) is 12.1 Å². The van der Waals surface area contributed by atoms with Crippen molar-refractivity contribution in [3.63, 3.8) is 0 Å². The molecule has 23 heavy (non-hydrogen) atoms. The minimum Gasteiger partial charge on any atom is -0.486 e. The van der Waals surface area contributed by atoms with Crippen molar-refractivity contribution in [1.82, 2.24) is 19.9 Å². The van der Waals surface area contributed by atoms with E-state index in [1.165, 1.54) is 0 Å². The second-order valence-corrected chi connectivity index (χ2v) is 5.81. The smallest absolute Gasteiger partial charge is 0.230 e. The van der Waals surface area contributed by atoms with Gasteiger partial charge in [-0.15, -0.1) is 0 Å². The summed E-state index contributed by atoms with van der Waals surface area (Å²) in [6.07, 6.45) is 0. The minimum atomic E-state index is 0.233.